The Hall–Kier alpha value is -2.31. The number of rotatable bonds is 5. The zero-order valence-corrected chi connectivity index (χ0v) is 13.5. The molecule has 2 aromatic rings. The number of hydrogen-bond donors (Lipinski definition) is 1. The Labute approximate surface area is 142 Å². The number of nitro benzene ring substituents is 1. The molecular weight excluding hydrogens is 343 g/mol. The van der Waals surface area contributed by atoms with Gasteiger partial charge in [0.1, 0.15) is 5.75 Å². The summed E-state index contributed by atoms with van der Waals surface area (Å²) in [6.45, 7) is 1.51. The zero-order chi connectivity index (χ0) is 17.0. The normalized spacial score (nSPS) is 10.2. The molecule has 0 saturated carbocycles. The summed E-state index contributed by atoms with van der Waals surface area (Å²) in [6.07, 6.45) is 0. The molecule has 0 aliphatic heterocycles. The Morgan fingerprint density at radius 3 is 2.48 bits per heavy atom. The van der Waals surface area contributed by atoms with Crippen LogP contribution in [0.2, 0.25) is 10.0 Å². The minimum Gasteiger partial charge on any atom is -0.482 e. The molecule has 0 aliphatic carbocycles. The summed E-state index contributed by atoms with van der Waals surface area (Å²) in [5.41, 5.74) is 1.09. The number of non-ortho nitro benzene ring substituents is 1. The number of nitrogens with zero attached hydrogens (tertiary/aromatic N) is 1. The monoisotopic (exact) mass is 354 g/mol. The smallest absolute Gasteiger partial charge is 0.269 e. The molecule has 0 heterocycles. The molecular formula is C15H12Cl2N2O4. The van der Waals surface area contributed by atoms with E-state index in [0.29, 0.717) is 27.0 Å². The number of amides is 1. The van der Waals surface area contributed by atoms with Crippen molar-refractivity contribution in [3.05, 3.63) is 62.1 Å². The second-order valence-electron chi connectivity index (χ2n) is 4.67. The average molecular weight is 355 g/mol. The number of carbonyl (C=O) groups is 1. The van der Waals surface area contributed by atoms with E-state index < -0.39 is 10.8 Å². The van der Waals surface area contributed by atoms with Crippen LogP contribution in [0.4, 0.5) is 11.4 Å². The van der Waals surface area contributed by atoms with Crippen molar-refractivity contribution in [3.63, 3.8) is 0 Å². The highest BCUT2D eigenvalue weighted by Gasteiger charge is 2.11. The molecule has 0 aliphatic rings. The van der Waals surface area contributed by atoms with Crippen molar-refractivity contribution < 1.29 is 14.5 Å². The number of anilines is 1. The fourth-order valence-corrected chi connectivity index (χ4v) is 2.52. The predicted octanol–water partition coefficient (Wildman–Crippen LogP) is 4.23. The topological polar surface area (TPSA) is 81.5 Å². The Kier molecular flexibility index (Phi) is 5.41. The summed E-state index contributed by atoms with van der Waals surface area (Å²) < 4.78 is 5.41. The van der Waals surface area contributed by atoms with Gasteiger partial charge in [-0.1, -0.05) is 23.2 Å². The van der Waals surface area contributed by atoms with Crippen LogP contribution in [0.25, 0.3) is 0 Å². The third-order valence-corrected chi connectivity index (χ3v) is 3.40. The first-order chi connectivity index (χ1) is 10.9. The largest absolute Gasteiger partial charge is 0.482 e. The first kappa shape index (κ1) is 17.1. The van der Waals surface area contributed by atoms with Crippen LogP contribution in [-0.4, -0.2) is 17.4 Å². The lowest BCUT2D eigenvalue weighted by Gasteiger charge is -2.11. The van der Waals surface area contributed by atoms with Gasteiger partial charge in [0.2, 0.25) is 0 Å². The third kappa shape index (κ3) is 4.58. The maximum absolute atomic E-state index is 11.9. The van der Waals surface area contributed by atoms with E-state index in [4.69, 9.17) is 27.9 Å². The summed E-state index contributed by atoms with van der Waals surface area (Å²) in [4.78, 5) is 21.9. The van der Waals surface area contributed by atoms with Crippen molar-refractivity contribution in [1.29, 1.82) is 0 Å². The van der Waals surface area contributed by atoms with Crippen LogP contribution >= 0.6 is 23.2 Å². The molecule has 0 fully saturated rings. The number of ether oxygens (including phenoxy) is 1. The summed E-state index contributed by atoms with van der Waals surface area (Å²) in [5, 5.41) is 13.9. The van der Waals surface area contributed by atoms with Crippen molar-refractivity contribution in [2.45, 2.75) is 6.92 Å². The second kappa shape index (κ2) is 7.30. The number of benzene rings is 2. The van der Waals surface area contributed by atoms with E-state index in [1.807, 2.05) is 0 Å². The molecule has 0 bridgehead atoms. The molecule has 0 radical (unpaired) electrons. The molecule has 2 aromatic carbocycles. The molecule has 1 N–H and O–H groups in total. The maximum Gasteiger partial charge on any atom is 0.269 e. The third-order valence-electron chi connectivity index (χ3n) is 2.90. The molecule has 0 saturated heterocycles. The van der Waals surface area contributed by atoms with Crippen LogP contribution in [0.5, 0.6) is 5.75 Å². The standard InChI is InChI=1S/C15H12Cl2N2O4/c1-9-6-10(16)7-13(17)15(9)23-8-14(20)18-11-2-4-12(5-3-11)19(21)22/h2-7H,8H2,1H3,(H,18,20). The van der Waals surface area contributed by atoms with Crippen molar-refractivity contribution in [2.24, 2.45) is 0 Å². The molecule has 0 aromatic heterocycles. The van der Waals surface area contributed by atoms with Crippen LogP contribution in [0.1, 0.15) is 5.56 Å². The first-order valence-corrected chi connectivity index (χ1v) is 7.25. The fraction of sp³-hybridized carbons (Fsp3) is 0.133. The highest BCUT2D eigenvalue weighted by Crippen LogP contribution is 2.31. The molecule has 23 heavy (non-hydrogen) atoms. The number of nitrogens with one attached hydrogen (secondary N) is 1. The lowest BCUT2D eigenvalue weighted by Crippen LogP contribution is -2.20. The SMILES string of the molecule is Cc1cc(Cl)cc(Cl)c1OCC(=O)Nc1ccc([N+](=O)[O-])cc1. The van der Waals surface area contributed by atoms with Gasteiger partial charge in [-0.15, -0.1) is 0 Å². The molecule has 0 unspecified atom stereocenters. The molecule has 1 amide bonds. The molecule has 8 heteroatoms. The number of aryl methyl sites for hydroxylation is 1. The van der Waals surface area contributed by atoms with Crippen molar-refractivity contribution in [2.75, 3.05) is 11.9 Å². The Balaban J connectivity index is 1.96. The van der Waals surface area contributed by atoms with Gasteiger partial charge in [0.05, 0.1) is 9.95 Å². The highest BCUT2D eigenvalue weighted by molar-refractivity contribution is 6.35. The summed E-state index contributed by atoms with van der Waals surface area (Å²) >= 11 is 11.9. The van der Waals surface area contributed by atoms with Gasteiger partial charge in [-0.05, 0) is 36.8 Å². The van der Waals surface area contributed by atoms with E-state index in [0.717, 1.165) is 0 Å². The zero-order valence-electron chi connectivity index (χ0n) is 12.0. The van der Waals surface area contributed by atoms with Gasteiger partial charge in [0.15, 0.2) is 6.61 Å². The van der Waals surface area contributed by atoms with E-state index in [9.17, 15) is 14.9 Å². The Morgan fingerprint density at radius 1 is 1.26 bits per heavy atom. The first-order valence-electron chi connectivity index (χ1n) is 6.49. The summed E-state index contributed by atoms with van der Waals surface area (Å²) in [6, 6.07) is 8.69. The molecule has 120 valence electrons. The van der Waals surface area contributed by atoms with E-state index in [-0.39, 0.29) is 12.3 Å². The van der Waals surface area contributed by atoms with Crippen molar-refractivity contribution in [3.8, 4) is 5.75 Å². The minimum absolute atomic E-state index is 0.0529. The van der Waals surface area contributed by atoms with Gasteiger partial charge < -0.3 is 10.1 Å². The van der Waals surface area contributed by atoms with Crippen molar-refractivity contribution >= 4 is 40.5 Å². The van der Waals surface area contributed by atoms with Crippen LogP contribution in [0, 0.1) is 17.0 Å². The van der Waals surface area contributed by atoms with Crippen molar-refractivity contribution in [1.82, 2.24) is 0 Å². The van der Waals surface area contributed by atoms with Gasteiger partial charge in [0.25, 0.3) is 11.6 Å². The number of nitro groups is 1. The number of carbonyl (C=O) groups excluding carboxylic acids is 1. The average Bonchev–Trinajstić information content (AvgIpc) is 2.46. The van der Waals surface area contributed by atoms with Gasteiger partial charge in [0, 0.05) is 22.8 Å². The van der Waals surface area contributed by atoms with E-state index in [2.05, 4.69) is 5.32 Å². The van der Waals surface area contributed by atoms with Crippen LogP contribution in [-0.2, 0) is 4.79 Å². The minimum atomic E-state index is -0.514. The molecule has 2 rings (SSSR count). The Morgan fingerprint density at radius 2 is 1.91 bits per heavy atom. The molecule has 0 atom stereocenters. The molecule has 0 spiro atoms. The second-order valence-corrected chi connectivity index (χ2v) is 5.52. The number of halogens is 2. The predicted molar refractivity (Wildman–Crippen MR) is 88.4 cm³/mol. The van der Waals surface area contributed by atoms with E-state index in [1.165, 1.54) is 30.3 Å². The summed E-state index contributed by atoms with van der Waals surface area (Å²) in [5.74, 6) is -0.0285. The van der Waals surface area contributed by atoms with Gasteiger partial charge in [-0.25, -0.2) is 0 Å². The van der Waals surface area contributed by atoms with E-state index in [1.54, 1.807) is 13.0 Å². The van der Waals surface area contributed by atoms with Gasteiger partial charge >= 0.3 is 0 Å². The van der Waals surface area contributed by atoms with Crippen LogP contribution < -0.4 is 10.1 Å². The maximum atomic E-state index is 11.9. The van der Waals surface area contributed by atoms with Gasteiger partial charge in [-0.2, -0.15) is 0 Å². The Bertz CT molecular complexity index is 725. The van der Waals surface area contributed by atoms with E-state index >= 15 is 0 Å². The van der Waals surface area contributed by atoms with Crippen LogP contribution in [0.15, 0.2) is 36.4 Å². The van der Waals surface area contributed by atoms with Crippen LogP contribution in [0.3, 0.4) is 0 Å². The highest BCUT2D eigenvalue weighted by atomic mass is 35.5. The lowest BCUT2D eigenvalue weighted by molar-refractivity contribution is -0.384. The molecule has 6 nitrogen and oxygen atoms in total. The number of hydrogen-bond acceptors (Lipinski definition) is 4. The summed E-state index contributed by atoms with van der Waals surface area (Å²) in [7, 11) is 0. The van der Waals surface area contributed by atoms with Gasteiger partial charge in [-0.3, -0.25) is 14.9 Å². The quantitative estimate of drug-likeness (QED) is 0.643. The lowest BCUT2D eigenvalue weighted by atomic mass is 10.2. The fourth-order valence-electron chi connectivity index (χ4n) is 1.87.